The Morgan fingerprint density at radius 2 is 1.78 bits per heavy atom. The molecule has 5 nitrogen and oxygen atoms in total. The van der Waals surface area contributed by atoms with E-state index in [9.17, 15) is 9.18 Å². The SMILES string of the molecule is COc1ccc(C2C3=C(CC(C)(C)CC3=O)Nc3c2c(C)nn3-c2ccc(F)cc2)cc1. The first kappa shape index (κ1) is 20.5. The number of benzene rings is 2. The molecule has 2 aromatic carbocycles. The number of ketones is 1. The van der Waals surface area contributed by atoms with E-state index in [4.69, 9.17) is 9.84 Å². The highest BCUT2D eigenvalue weighted by atomic mass is 19.1. The van der Waals surface area contributed by atoms with Crippen molar-refractivity contribution in [2.24, 2.45) is 5.41 Å². The lowest BCUT2D eigenvalue weighted by atomic mass is 9.69. The van der Waals surface area contributed by atoms with Gasteiger partial charge in [-0.2, -0.15) is 5.10 Å². The first-order valence-electron chi connectivity index (χ1n) is 10.8. The van der Waals surface area contributed by atoms with Gasteiger partial charge in [-0.05, 0) is 60.7 Å². The van der Waals surface area contributed by atoms with Crippen molar-refractivity contribution in [2.75, 3.05) is 12.4 Å². The Kier molecular flexibility index (Phi) is 4.69. The number of ether oxygens (including phenoxy) is 1. The maximum atomic E-state index is 13.5. The Bertz CT molecular complexity index is 1240. The zero-order valence-corrected chi connectivity index (χ0v) is 18.7. The minimum Gasteiger partial charge on any atom is -0.497 e. The summed E-state index contributed by atoms with van der Waals surface area (Å²) in [6.07, 6.45) is 1.29. The molecule has 32 heavy (non-hydrogen) atoms. The molecule has 1 aliphatic heterocycles. The molecule has 6 heteroatoms. The molecule has 2 aliphatic rings. The number of methoxy groups -OCH3 is 1. The van der Waals surface area contributed by atoms with E-state index >= 15 is 0 Å². The summed E-state index contributed by atoms with van der Waals surface area (Å²) in [6, 6.07) is 14.2. The Morgan fingerprint density at radius 3 is 2.44 bits per heavy atom. The van der Waals surface area contributed by atoms with Crippen molar-refractivity contribution in [3.8, 4) is 11.4 Å². The van der Waals surface area contributed by atoms with E-state index in [0.29, 0.717) is 6.42 Å². The fourth-order valence-electron chi connectivity index (χ4n) is 4.97. The van der Waals surface area contributed by atoms with Crippen LogP contribution in [0.3, 0.4) is 0 Å². The molecule has 3 aromatic rings. The van der Waals surface area contributed by atoms with Crippen molar-refractivity contribution in [3.05, 3.63) is 82.4 Å². The van der Waals surface area contributed by atoms with Crippen LogP contribution in [0.15, 0.2) is 59.8 Å². The summed E-state index contributed by atoms with van der Waals surface area (Å²) in [7, 11) is 1.64. The molecule has 0 amide bonds. The van der Waals surface area contributed by atoms with Crippen molar-refractivity contribution in [1.29, 1.82) is 0 Å². The average molecular weight is 432 g/mol. The van der Waals surface area contributed by atoms with Gasteiger partial charge in [0.1, 0.15) is 17.4 Å². The first-order chi connectivity index (χ1) is 15.3. The second-order valence-electron chi connectivity index (χ2n) is 9.40. The van der Waals surface area contributed by atoms with Crippen LogP contribution in [0.2, 0.25) is 0 Å². The van der Waals surface area contributed by atoms with Crippen LogP contribution >= 0.6 is 0 Å². The largest absolute Gasteiger partial charge is 0.497 e. The third-order valence-electron chi connectivity index (χ3n) is 6.39. The maximum absolute atomic E-state index is 13.5. The van der Waals surface area contributed by atoms with Gasteiger partial charge in [0.25, 0.3) is 0 Å². The number of hydrogen-bond donors (Lipinski definition) is 1. The van der Waals surface area contributed by atoms with E-state index in [-0.39, 0.29) is 22.9 Å². The number of aromatic nitrogens is 2. The highest BCUT2D eigenvalue weighted by Gasteiger charge is 2.42. The second-order valence-corrected chi connectivity index (χ2v) is 9.40. The summed E-state index contributed by atoms with van der Waals surface area (Å²) >= 11 is 0. The number of allylic oxidation sites excluding steroid dienone is 2. The smallest absolute Gasteiger partial charge is 0.162 e. The van der Waals surface area contributed by atoms with Crippen LogP contribution in [-0.2, 0) is 4.79 Å². The summed E-state index contributed by atoms with van der Waals surface area (Å²) in [5, 5.41) is 8.34. The summed E-state index contributed by atoms with van der Waals surface area (Å²) < 4.78 is 20.7. The van der Waals surface area contributed by atoms with E-state index in [1.165, 1.54) is 12.1 Å². The molecule has 0 radical (unpaired) electrons. The number of halogens is 1. The molecule has 0 bridgehead atoms. The van der Waals surface area contributed by atoms with Gasteiger partial charge in [-0.1, -0.05) is 26.0 Å². The van der Waals surface area contributed by atoms with Crippen molar-refractivity contribution in [2.45, 2.75) is 39.5 Å². The molecule has 1 N–H and O–H groups in total. The van der Waals surface area contributed by atoms with E-state index < -0.39 is 0 Å². The highest BCUT2D eigenvalue weighted by Crippen LogP contribution is 2.50. The summed E-state index contributed by atoms with van der Waals surface area (Å²) in [5.41, 5.74) is 5.25. The van der Waals surface area contributed by atoms with E-state index in [2.05, 4.69) is 19.2 Å². The lowest BCUT2D eigenvalue weighted by molar-refractivity contribution is -0.118. The first-order valence-corrected chi connectivity index (χ1v) is 10.8. The van der Waals surface area contributed by atoms with Crippen LogP contribution in [0.4, 0.5) is 10.2 Å². The van der Waals surface area contributed by atoms with E-state index in [1.807, 2.05) is 35.9 Å². The lowest BCUT2D eigenvalue weighted by Crippen LogP contribution is -2.34. The molecule has 0 saturated carbocycles. The van der Waals surface area contributed by atoms with Gasteiger partial charge >= 0.3 is 0 Å². The van der Waals surface area contributed by atoms with Gasteiger partial charge in [0, 0.05) is 29.2 Å². The minimum absolute atomic E-state index is 0.124. The van der Waals surface area contributed by atoms with Crippen LogP contribution < -0.4 is 10.1 Å². The van der Waals surface area contributed by atoms with Gasteiger partial charge in [-0.15, -0.1) is 0 Å². The van der Waals surface area contributed by atoms with Crippen LogP contribution in [0, 0.1) is 18.2 Å². The quantitative estimate of drug-likeness (QED) is 0.593. The van der Waals surface area contributed by atoms with Gasteiger partial charge in [0.2, 0.25) is 0 Å². The Morgan fingerprint density at radius 1 is 1.09 bits per heavy atom. The third kappa shape index (κ3) is 3.30. The molecule has 1 aliphatic carbocycles. The highest BCUT2D eigenvalue weighted by molar-refractivity contribution is 6.01. The summed E-state index contributed by atoms with van der Waals surface area (Å²) in [4.78, 5) is 13.4. The average Bonchev–Trinajstić information content (AvgIpc) is 3.08. The maximum Gasteiger partial charge on any atom is 0.162 e. The zero-order valence-electron chi connectivity index (χ0n) is 18.7. The zero-order chi connectivity index (χ0) is 22.6. The molecule has 0 saturated heterocycles. The van der Waals surface area contributed by atoms with Gasteiger partial charge < -0.3 is 10.1 Å². The fourth-order valence-corrected chi connectivity index (χ4v) is 4.97. The number of carbonyl (C=O) groups excluding carboxylic acids is 1. The summed E-state index contributed by atoms with van der Waals surface area (Å²) in [6.45, 7) is 6.20. The number of aryl methyl sites for hydroxylation is 1. The number of carbonyl (C=O) groups is 1. The number of anilines is 1. The van der Waals surface area contributed by atoms with E-state index in [1.54, 1.807) is 19.2 Å². The van der Waals surface area contributed by atoms with Crippen LogP contribution in [0.5, 0.6) is 5.75 Å². The Hall–Kier alpha value is -3.41. The molecule has 164 valence electrons. The molecule has 2 heterocycles. The standard InChI is InChI=1S/C26H26FN3O2/c1-15-22-23(16-5-11-19(32-4)12-6-16)24-20(13-26(2,3)14-21(24)31)28-25(22)30(29-15)18-9-7-17(27)8-10-18/h5-12,23,28H,13-14H2,1-4H3. The van der Waals surface area contributed by atoms with E-state index in [0.717, 1.165) is 51.8 Å². The Balaban J connectivity index is 1.73. The molecule has 0 spiro atoms. The third-order valence-corrected chi connectivity index (χ3v) is 6.39. The van der Waals surface area contributed by atoms with Crippen molar-refractivity contribution >= 4 is 11.6 Å². The molecule has 1 aromatic heterocycles. The van der Waals surface area contributed by atoms with Crippen molar-refractivity contribution in [1.82, 2.24) is 9.78 Å². The number of nitrogens with zero attached hydrogens (tertiary/aromatic N) is 2. The number of rotatable bonds is 3. The number of hydrogen-bond acceptors (Lipinski definition) is 4. The minimum atomic E-state index is -0.291. The normalized spacial score (nSPS) is 19.3. The van der Waals surface area contributed by atoms with Crippen molar-refractivity contribution in [3.63, 3.8) is 0 Å². The molecule has 5 rings (SSSR count). The van der Waals surface area contributed by atoms with Crippen LogP contribution in [0.25, 0.3) is 5.69 Å². The number of Topliss-reactive ketones (excluding diaryl/α,β-unsaturated/α-hetero) is 1. The van der Waals surface area contributed by atoms with Crippen LogP contribution in [0.1, 0.15) is 49.4 Å². The number of fused-ring (bicyclic) bond motifs is 1. The topological polar surface area (TPSA) is 56.1 Å². The van der Waals surface area contributed by atoms with Gasteiger partial charge in [-0.25, -0.2) is 9.07 Å². The predicted molar refractivity (Wildman–Crippen MR) is 122 cm³/mol. The molecular weight excluding hydrogens is 405 g/mol. The fraction of sp³-hybridized carbons (Fsp3) is 0.308. The molecule has 1 atom stereocenters. The monoisotopic (exact) mass is 431 g/mol. The molecule has 0 fully saturated rings. The Labute approximate surface area is 186 Å². The van der Waals surface area contributed by atoms with Gasteiger partial charge in [-0.3, -0.25) is 4.79 Å². The molecular formula is C26H26FN3O2. The van der Waals surface area contributed by atoms with Gasteiger partial charge in [0.15, 0.2) is 5.78 Å². The van der Waals surface area contributed by atoms with Crippen molar-refractivity contribution < 1.29 is 13.9 Å². The number of nitrogens with one attached hydrogen (secondary N) is 1. The van der Waals surface area contributed by atoms with Gasteiger partial charge in [0.05, 0.1) is 18.5 Å². The second kappa shape index (κ2) is 7.33. The van der Waals surface area contributed by atoms with Crippen LogP contribution in [-0.4, -0.2) is 22.7 Å². The predicted octanol–water partition coefficient (Wildman–Crippen LogP) is 5.53. The lowest BCUT2D eigenvalue weighted by Gasteiger charge is -2.38. The summed E-state index contributed by atoms with van der Waals surface area (Å²) in [5.74, 6) is 1.26. The molecule has 1 unspecified atom stereocenters.